The lowest BCUT2D eigenvalue weighted by Gasteiger charge is -2.18. The molecule has 0 aromatic heterocycles. The van der Waals surface area contributed by atoms with Gasteiger partial charge in [0.25, 0.3) is 0 Å². The summed E-state index contributed by atoms with van der Waals surface area (Å²) in [6.45, 7) is 1.39. The summed E-state index contributed by atoms with van der Waals surface area (Å²) >= 11 is 1.00. The topological polar surface area (TPSA) is 57.5 Å². The van der Waals surface area contributed by atoms with Gasteiger partial charge in [-0.15, -0.1) is 0 Å². The molecule has 0 bridgehead atoms. The van der Waals surface area contributed by atoms with E-state index in [2.05, 4.69) is 0 Å². The fraction of sp³-hybridized carbons (Fsp3) is 0.417. The number of aliphatic hydroxyl groups excluding tert-OH is 2. The summed E-state index contributed by atoms with van der Waals surface area (Å²) in [6.07, 6.45) is -2.64. The highest BCUT2D eigenvalue weighted by molar-refractivity contribution is 8.13. The smallest absolute Gasteiger partial charge is 0.185 e. The fourth-order valence-corrected chi connectivity index (χ4v) is 2.08. The summed E-state index contributed by atoms with van der Waals surface area (Å²) in [5.41, 5.74) is -0.282. The number of rotatable bonds is 5. The summed E-state index contributed by atoms with van der Waals surface area (Å²) in [4.78, 5) is 10.7. The van der Waals surface area contributed by atoms with Crippen LogP contribution in [-0.2, 0) is 4.79 Å². The first kappa shape index (κ1) is 15.1. The standard InChI is InChI=1S/C12H14F2O3S/c1-7(15)18-6-5-10(16)12(17)8-3-2-4-9(13)11(8)14/h2-4,10,12,16-17H,5-6H2,1H3. The van der Waals surface area contributed by atoms with Crippen molar-refractivity contribution in [3.05, 3.63) is 35.4 Å². The predicted molar refractivity (Wildman–Crippen MR) is 65.1 cm³/mol. The lowest BCUT2D eigenvalue weighted by Crippen LogP contribution is -2.20. The van der Waals surface area contributed by atoms with Crippen LogP contribution in [0.1, 0.15) is 25.0 Å². The molecule has 0 saturated heterocycles. The quantitative estimate of drug-likeness (QED) is 0.864. The third kappa shape index (κ3) is 4.04. The lowest BCUT2D eigenvalue weighted by molar-refractivity contribution is -0.109. The second-order valence-electron chi connectivity index (χ2n) is 3.78. The third-order valence-corrected chi connectivity index (χ3v) is 3.23. The fourth-order valence-electron chi connectivity index (χ4n) is 1.44. The Bertz CT molecular complexity index is 426. The first-order chi connectivity index (χ1) is 8.43. The van der Waals surface area contributed by atoms with Crippen molar-refractivity contribution in [1.29, 1.82) is 0 Å². The van der Waals surface area contributed by atoms with Gasteiger partial charge in [0.15, 0.2) is 16.7 Å². The molecular formula is C12H14F2O3S. The minimum absolute atomic E-state index is 0.103. The first-order valence-electron chi connectivity index (χ1n) is 5.37. The van der Waals surface area contributed by atoms with E-state index in [-0.39, 0.29) is 17.1 Å². The molecule has 1 rings (SSSR count). The molecule has 2 N–H and O–H groups in total. The Kier molecular flexibility index (Phi) is 5.71. The van der Waals surface area contributed by atoms with Crippen molar-refractivity contribution in [2.45, 2.75) is 25.6 Å². The number of hydrogen-bond acceptors (Lipinski definition) is 4. The van der Waals surface area contributed by atoms with Crippen LogP contribution in [0.3, 0.4) is 0 Å². The van der Waals surface area contributed by atoms with Gasteiger partial charge in [-0.05, 0) is 12.5 Å². The van der Waals surface area contributed by atoms with Crippen molar-refractivity contribution in [1.82, 2.24) is 0 Å². The second kappa shape index (κ2) is 6.82. The Labute approximate surface area is 108 Å². The average Bonchev–Trinajstić information content (AvgIpc) is 2.31. The molecule has 100 valence electrons. The van der Waals surface area contributed by atoms with Crippen LogP contribution in [0.2, 0.25) is 0 Å². The molecule has 0 aliphatic rings. The van der Waals surface area contributed by atoms with E-state index in [1.54, 1.807) is 0 Å². The van der Waals surface area contributed by atoms with Crippen molar-refractivity contribution in [3.8, 4) is 0 Å². The molecule has 0 aliphatic heterocycles. The number of carbonyl (C=O) groups is 1. The molecule has 18 heavy (non-hydrogen) atoms. The molecule has 0 fully saturated rings. The van der Waals surface area contributed by atoms with E-state index in [1.165, 1.54) is 19.1 Å². The van der Waals surface area contributed by atoms with Crippen molar-refractivity contribution in [3.63, 3.8) is 0 Å². The third-order valence-electron chi connectivity index (χ3n) is 2.38. The molecule has 0 saturated carbocycles. The molecule has 0 amide bonds. The number of carbonyl (C=O) groups excluding carboxylic acids is 1. The number of hydrogen-bond donors (Lipinski definition) is 2. The Morgan fingerprint density at radius 3 is 2.67 bits per heavy atom. The first-order valence-corrected chi connectivity index (χ1v) is 6.35. The van der Waals surface area contributed by atoms with Gasteiger partial charge in [-0.1, -0.05) is 23.9 Å². The van der Waals surface area contributed by atoms with E-state index >= 15 is 0 Å². The number of thioether (sulfide) groups is 1. The molecule has 0 radical (unpaired) electrons. The van der Waals surface area contributed by atoms with Crippen LogP contribution in [0.4, 0.5) is 8.78 Å². The van der Waals surface area contributed by atoms with Gasteiger partial charge >= 0.3 is 0 Å². The van der Waals surface area contributed by atoms with Crippen molar-refractivity contribution in [2.75, 3.05) is 5.75 Å². The predicted octanol–water partition coefficient (Wildman–Crippen LogP) is 2.03. The van der Waals surface area contributed by atoms with E-state index < -0.39 is 23.8 Å². The minimum atomic E-state index is -1.51. The zero-order valence-corrected chi connectivity index (χ0v) is 10.6. The van der Waals surface area contributed by atoms with E-state index in [0.29, 0.717) is 5.75 Å². The Balaban J connectivity index is 2.65. The van der Waals surface area contributed by atoms with Crippen LogP contribution < -0.4 is 0 Å². The summed E-state index contributed by atoms with van der Waals surface area (Å²) in [5.74, 6) is -1.93. The van der Waals surface area contributed by atoms with Gasteiger partial charge in [0.05, 0.1) is 6.10 Å². The van der Waals surface area contributed by atoms with Crippen LogP contribution >= 0.6 is 11.8 Å². The molecule has 1 aromatic rings. The van der Waals surface area contributed by atoms with Crippen LogP contribution in [0.25, 0.3) is 0 Å². The molecule has 3 nitrogen and oxygen atoms in total. The van der Waals surface area contributed by atoms with Gasteiger partial charge in [0.2, 0.25) is 0 Å². The zero-order valence-electron chi connectivity index (χ0n) is 9.77. The molecule has 2 atom stereocenters. The lowest BCUT2D eigenvalue weighted by atomic mass is 10.0. The summed E-state index contributed by atoms with van der Waals surface area (Å²) in [5, 5.41) is 19.2. The van der Waals surface area contributed by atoms with Crippen molar-refractivity contribution < 1.29 is 23.8 Å². The van der Waals surface area contributed by atoms with Crippen LogP contribution in [-0.4, -0.2) is 27.2 Å². The molecule has 2 unspecified atom stereocenters. The maximum Gasteiger partial charge on any atom is 0.185 e. The largest absolute Gasteiger partial charge is 0.390 e. The van der Waals surface area contributed by atoms with Gasteiger partial charge in [-0.3, -0.25) is 4.79 Å². The van der Waals surface area contributed by atoms with E-state index in [0.717, 1.165) is 17.8 Å². The SMILES string of the molecule is CC(=O)SCCC(O)C(O)c1cccc(F)c1F. The van der Waals surface area contributed by atoms with Crippen LogP contribution in [0, 0.1) is 11.6 Å². The normalized spacial score (nSPS) is 14.3. The maximum atomic E-state index is 13.4. The van der Waals surface area contributed by atoms with Gasteiger partial charge in [0.1, 0.15) is 6.10 Å². The van der Waals surface area contributed by atoms with Crippen LogP contribution in [0.15, 0.2) is 18.2 Å². The Morgan fingerprint density at radius 1 is 1.39 bits per heavy atom. The molecule has 0 spiro atoms. The second-order valence-corrected chi connectivity index (χ2v) is 5.06. The van der Waals surface area contributed by atoms with Gasteiger partial charge in [-0.25, -0.2) is 8.78 Å². The monoisotopic (exact) mass is 276 g/mol. The Hall–Kier alpha value is -0.980. The minimum Gasteiger partial charge on any atom is -0.390 e. The maximum absolute atomic E-state index is 13.4. The van der Waals surface area contributed by atoms with E-state index in [9.17, 15) is 23.8 Å². The summed E-state index contributed by atoms with van der Waals surface area (Å²) in [6, 6.07) is 3.40. The molecule has 0 heterocycles. The highest BCUT2D eigenvalue weighted by Crippen LogP contribution is 2.24. The molecule has 1 aromatic carbocycles. The van der Waals surface area contributed by atoms with Gasteiger partial charge in [-0.2, -0.15) is 0 Å². The number of aliphatic hydroxyl groups is 2. The molecule has 0 aliphatic carbocycles. The highest BCUT2D eigenvalue weighted by atomic mass is 32.2. The average molecular weight is 276 g/mol. The van der Waals surface area contributed by atoms with E-state index in [1.807, 2.05) is 0 Å². The van der Waals surface area contributed by atoms with Gasteiger partial charge in [0, 0.05) is 18.2 Å². The van der Waals surface area contributed by atoms with Gasteiger partial charge < -0.3 is 10.2 Å². The number of halogens is 2. The number of benzene rings is 1. The summed E-state index contributed by atoms with van der Waals surface area (Å²) < 4.78 is 26.3. The van der Waals surface area contributed by atoms with E-state index in [4.69, 9.17) is 0 Å². The highest BCUT2D eigenvalue weighted by Gasteiger charge is 2.22. The molecule has 6 heteroatoms. The molecular weight excluding hydrogens is 262 g/mol. The zero-order chi connectivity index (χ0) is 13.7. The van der Waals surface area contributed by atoms with Crippen LogP contribution in [0.5, 0.6) is 0 Å². The Morgan fingerprint density at radius 2 is 2.06 bits per heavy atom. The summed E-state index contributed by atoms with van der Waals surface area (Å²) in [7, 11) is 0. The van der Waals surface area contributed by atoms with Crippen molar-refractivity contribution in [2.24, 2.45) is 0 Å². The van der Waals surface area contributed by atoms with Crippen molar-refractivity contribution >= 4 is 16.9 Å².